The zero-order valence-electron chi connectivity index (χ0n) is 14.1. The maximum absolute atomic E-state index is 13.5. The number of esters is 1. The predicted molar refractivity (Wildman–Crippen MR) is 93.5 cm³/mol. The number of carbonyl (C=O) groups is 4. The Kier molecular flexibility index (Phi) is 5.25. The summed E-state index contributed by atoms with van der Waals surface area (Å²) >= 11 is 0. The molecule has 0 radical (unpaired) electrons. The van der Waals surface area contributed by atoms with Crippen molar-refractivity contribution in [2.75, 3.05) is 16.8 Å². The van der Waals surface area contributed by atoms with Gasteiger partial charge in [-0.15, -0.1) is 0 Å². The lowest BCUT2D eigenvalue weighted by atomic mass is 10.2. The highest BCUT2D eigenvalue weighted by molar-refractivity contribution is 6.19. The van der Waals surface area contributed by atoms with Gasteiger partial charge in [0.15, 0.2) is 6.61 Å². The number of imide groups is 1. The molecule has 1 N–H and O–H groups in total. The summed E-state index contributed by atoms with van der Waals surface area (Å²) in [5.74, 6) is -2.62. The second-order valence-corrected chi connectivity index (χ2v) is 5.77. The maximum atomic E-state index is 13.5. The Morgan fingerprint density at radius 1 is 1.00 bits per heavy atom. The number of rotatable bonds is 5. The first kappa shape index (κ1) is 18.2. The quantitative estimate of drug-likeness (QED) is 0.644. The minimum absolute atomic E-state index is 0.0113. The summed E-state index contributed by atoms with van der Waals surface area (Å²) in [6.07, 6.45) is 0.333. The van der Waals surface area contributed by atoms with Crippen LogP contribution in [0.1, 0.15) is 23.2 Å². The van der Waals surface area contributed by atoms with Crippen LogP contribution in [0, 0.1) is 5.82 Å². The Bertz CT molecular complexity index is 895. The van der Waals surface area contributed by atoms with Gasteiger partial charge in [0.05, 0.1) is 16.9 Å². The molecule has 0 bridgehead atoms. The third kappa shape index (κ3) is 4.17. The molecule has 0 saturated carbocycles. The van der Waals surface area contributed by atoms with E-state index in [1.165, 1.54) is 42.5 Å². The molecule has 1 heterocycles. The zero-order valence-corrected chi connectivity index (χ0v) is 14.1. The van der Waals surface area contributed by atoms with Gasteiger partial charge in [-0.2, -0.15) is 0 Å². The van der Waals surface area contributed by atoms with E-state index in [9.17, 15) is 23.6 Å². The van der Waals surface area contributed by atoms with Crippen molar-refractivity contribution in [3.05, 3.63) is 59.9 Å². The zero-order chi connectivity index (χ0) is 19.4. The Balaban J connectivity index is 1.57. The summed E-state index contributed by atoms with van der Waals surface area (Å²) in [4.78, 5) is 48.2. The molecular formula is C19H15FN2O5. The van der Waals surface area contributed by atoms with Crippen molar-refractivity contribution in [1.82, 2.24) is 0 Å². The molecule has 1 aliphatic heterocycles. The van der Waals surface area contributed by atoms with E-state index in [-0.39, 0.29) is 35.9 Å². The number of anilines is 2. The number of nitrogens with zero attached hydrogens (tertiary/aromatic N) is 1. The number of nitrogens with one attached hydrogen (secondary N) is 1. The van der Waals surface area contributed by atoms with Crippen molar-refractivity contribution in [1.29, 1.82) is 0 Å². The lowest BCUT2D eigenvalue weighted by Gasteiger charge is -2.14. The van der Waals surface area contributed by atoms with E-state index in [0.717, 1.165) is 4.90 Å². The van der Waals surface area contributed by atoms with Gasteiger partial charge in [0.25, 0.3) is 5.91 Å². The van der Waals surface area contributed by atoms with Crippen molar-refractivity contribution in [3.63, 3.8) is 0 Å². The van der Waals surface area contributed by atoms with Gasteiger partial charge in [0.2, 0.25) is 11.8 Å². The van der Waals surface area contributed by atoms with Gasteiger partial charge < -0.3 is 10.1 Å². The van der Waals surface area contributed by atoms with Crippen LogP contribution in [0.15, 0.2) is 48.5 Å². The highest BCUT2D eigenvalue weighted by Gasteiger charge is 2.30. The largest absolute Gasteiger partial charge is 0.452 e. The van der Waals surface area contributed by atoms with E-state index in [1.807, 2.05) is 0 Å². The first-order valence-corrected chi connectivity index (χ1v) is 8.13. The third-order valence-electron chi connectivity index (χ3n) is 3.90. The van der Waals surface area contributed by atoms with E-state index < -0.39 is 24.3 Å². The topological polar surface area (TPSA) is 92.8 Å². The normalized spacial score (nSPS) is 13.6. The molecule has 1 saturated heterocycles. The van der Waals surface area contributed by atoms with E-state index in [2.05, 4.69) is 5.32 Å². The molecule has 0 aromatic heterocycles. The molecule has 1 fully saturated rings. The van der Waals surface area contributed by atoms with Gasteiger partial charge in [0.1, 0.15) is 5.82 Å². The minimum atomic E-state index is -0.760. The number of para-hydroxylation sites is 1. The summed E-state index contributed by atoms with van der Waals surface area (Å²) in [5.41, 5.74) is 0.510. The molecule has 0 atom stereocenters. The smallest absolute Gasteiger partial charge is 0.338 e. The Morgan fingerprint density at radius 2 is 1.63 bits per heavy atom. The Labute approximate surface area is 153 Å². The van der Waals surface area contributed by atoms with E-state index in [4.69, 9.17) is 4.74 Å². The molecule has 0 aliphatic carbocycles. The van der Waals surface area contributed by atoms with Crippen molar-refractivity contribution < 1.29 is 28.3 Å². The fraction of sp³-hybridized carbons (Fsp3) is 0.158. The molecular weight excluding hydrogens is 355 g/mol. The third-order valence-corrected chi connectivity index (χ3v) is 3.90. The lowest BCUT2D eigenvalue weighted by Crippen LogP contribution is -2.28. The molecule has 0 unspecified atom stereocenters. The number of hydrogen-bond acceptors (Lipinski definition) is 5. The first-order valence-electron chi connectivity index (χ1n) is 8.13. The van der Waals surface area contributed by atoms with Gasteiger partial charge in [0, 0.05) is 12.8 Å². The van der Waals surface area contributed by atoms with Crippen LogP contribution in [0.2, 0.25) is 0 Å². The van der Waals surface area contributed by atoms with Crippen LogP contribution in [0.25, 0.3) is 0 Å². The molecule has 138 valence electrons. The molecule has 27 heavy (non-hydrogen) atoms. The molecule has 2 aromatic rings. The van der Waals surface area contributed by atoms with Gasteiger partial charge in [-0.25, -0.2) is 9.18 Å². The van der Waals surface area contributed by atoms with E-state index >= 15 is 0 Å². The Morgan fingerprint density at radius 3 is 2.26 bits per heavy atom. The maximum Gasteiger partial charge on any atom is 0.338 e. The van der Waals surface area contributed by atoms with E-state index in [0.29, 0.717) is 5.69 Å². The SMILES string of the molecule is O=C(COC(=O)c1ccc(N2C(=O)CCC2=O)cc1)Nc1ccccc1F. The standard InChI is InChI=1S/C19H15FN2O5/c20-14-3-1-2-4-15(14)21-16(23)11-27-19(26)12-5-7-13(8-6-12)22-17(24)9-10-18(22)25/h1-8H,9-11H2,(H,21,23). The average molecular weight is 370 g/mol. The van der Waals surface area contributed by atoms with Crippen LogP contribution < -0.4 is 10.2 Å². The van der Waals surface area contributed by atoms with E-state index in [1.54, 1.807) is 6.07 Å². The monoisotopic (exact) mass is 370 g/mol. The first-order chi connectivity index (χ1) is 13.0. The second-order valence-electron chi connectivity index (χ2n) is 5.77. The molecule has 7 nitrogen and oxygen atoms in total. The summed E-state index contributed by atoms with van der Waals surface area (Å²) in [7, 11) is 0. The van der Waals surface area contributed by atoms with Crippen molar-refractivity contribution >= 4 is 35.1 Å². The second kappa shape index (κ2) is 7.77. The van der Waals surface area contributed by atoms with Crippen LogP contribution in [-0.4, -0.2) is 30.3 Å². The summed E-state index contributed by atoms with van der Waals surface area (Å²) in [6.45, 7) is -0.585. The molecule has 3 amide bonds. The fourth-order valence-corrected chi connectivity index (χ4v) is 2.57. The molecule has 1 aliphatic rings. The number of amides is 3. The van der Waals surface area contributed by atoms with Crippen LogP contribution in [-0.2, 0) is 19.1 Å². The molecule has 3 rings (SSSR count). The van der Waals surface area contributed by atoms with Crippen LogP contribution in [0.4, 0.5) is 15.8 Å². The molecule has 0 spiro atoms. The number of benzene rings is 2. The van der Waals surface area contributed by atoms with Gasteiger partial charge in [-0.3, -0.25) is 19.3 Å². The highest BCUT2D eigenvalue weighted by Crippen LogP contribution is 2.23. The lowest BCUT2D eigenvalue weighted by molar-refractivity contribution is -0.121. The van der Waals surface area contributed by atoms with Gasteiger partial charge >= 0.3 is 5.97 Å². The van der Waals surface area contributed by atoms with Gasteiger partial charge in [-0.1, -0.05) is 12.1 Å². The number of halogens is 1. The summed E-state index contributed by atoms with van der Waals surface area (Å²) < 4.78 is 18.3. The summed E-state index contributed by atoms with van der Waals surface area (Å²) in [5, 5.41) is 2.30. The van der Waals surface area contributed by atoms with Crippen molar-refractivity contribution in [2.24, 2.45) is 0 Å². The number of hydrogen-bond donors (Lipinski definition) is 1. The van der Waals surface area contributed by atoms with Crippen molar-refractivity contribution in [3.8, 4) is 0 Å². The molecule has 8 heteroatoms. The van der Waals surface area contributed by atoms with Crippen LogP contribution >= 0.6 is 0 Å². The number of carbonyl (C=O) groups excluding carboxylic acids is 4. The average Bonchev–Trinajstić information content (AvgIpc) is 3.00. The highest BCUT2D eigenvalue weighted by atomic mass is 19.1. The van der Waals surface area contributed by atoms with Crippen LogP contribution in [0.5, 0.6) is 0 Å². The van der Waals surface area contributed by atoms with Crippen molar-refractivity contribution in [2.45, 2.75) is 12.8 Å². The number of ether oxygens (including phenoxy) is 1. The predicted octanol–water partition coefficient (Wildman–Crippen LogP) is 2.27. The Hall–Kier alpha value is -3.55. The molecule has 2 aromatic carbocycles. The summed E-state index contributed by atoms with van der Waals surface area (Å²) in [6, 6.07) is 11.3. The van der Waals surface area contributed by atoms with Crippen LogP contribution in [0.3, 0.4) is 0 Å². The fourth-order valence-electron chi connectivity index (χ4n) is 2.57. The van der Waals surface area contributed by atoms with Gasteiger partial charge in [-0.05, 0) is 36.4 Å². The minimum Gasteiger partial charge on any atom is -0.452 e.